The van der Waals surface area contributed by atoms with Crippen LogP contribution in [0.1, 0.15) is 56.5 Å². The zero-order valence-electron chi connectivity index (χ0n) is 17.4. The summed E-state index contributed by atoms with van der Waals surface area (Å²) >= 11 is 1.83. The Kier molecular flexibility index (Phi) is 6.01. The summed E-state index contributed by atoms with van der Waals surface area (Å²) in [6.45, 7) is 6.86. The molecule has 158 valence electrons. The van der Waals surface area contributed by atoms with Gasteiger partial charge >= 0.3 is 0 Å². The van der Waals surface area contributed by atoms with E-state index in [1.165, 1.54) is 15.3 Å². The predicted octanol–water partition coefficient (Wildman–Crippen LogP) is 3.00. The van der Waals surface area contributed by atoms with Crippen LogP contribution >= 0.6 is 11.3 Å². The Morgan fingerprint density at radius 2 is 2.00 bits per heavy atom. The molecule has 1 aromatic carbocycles. The number of benzene rings is 1. The van der Waals surface area contributed by atoms with E-state index >= 15 is 0 Å². The first-order valence-electron chi connectivity index (χ1n) is 10.5. The van der Waals surface area contributed by atoms with E-state index in [0.717, 1.165) is 25.1 Å². The van der Waals surface area contributed by atoms with Crippen LogP contribution in [0.2, 0.25) is 0 Å². The molecule has 1 atom stereocenters. The third-order valence-electron chi connectivity index (χ3n) is 5.97. The number of fused-ring (bicyclic) bond motifs is 2. The number of thiophene rings is 1. The van der Waals surface area contributed by atoms with Crippen molar-refractivity contribution in [3.63, 3.8) is 0 Å². The lowest BCUT2D eigenvalue weighted by atomic mass is 10.1. The molecule has 0 fully saturated rings. The van der Waals surface area contributed by atoms with Crippen molar-refractivity contribution in [2.24, 2.45) is 0 Å². The Balaban J connectivity index is 1.20. The molecule has 30 heavy (non-hydrogen) atoms. The van der Waals surface area contributed by atoms with Gasteiger partial charge in [0.05, 0.1) is 11.1 Å². The quantitative estimate of drug-likeness (QED) is 0.693. The number of carbonyl (C=O) groups excluding carboxylic acids is 3. The molecule has 0 saturated heterocycles. The molecule has 0 aliphatic carbocycles. The van der Waals surface area contributed by atoms with E-state index in [4.69, 9.17) is 0 Å². The summed E-state index contributed by atoms with van der Waals surface area (Å²) in [5.41, 5.74) is 3.28. The molecule has 7 heteroatoms. The Hall–Kier alpha value is -2.51. The van der Waals surface area contributed by atoms with Crippen molar-refractivity contribution in [2.45, 2.75) is 45.7 Å². The standard InChI is InChI=1S/C23H27N3O3S/c1-15-5-6-18-19(12-15)23(29)26(22(18)28)9-3-4-21(27)24-13-16(2)25-10-7-20-17(14-25)8-11-30-20/h5-6,8,11-12,16H,3-4,7,9-10,13-14H2,1-2H3,(H,24,27). The second kappa shape index (κ2) is 8.70. The molecule has 1 unspecified atom stereocenters. The van der Waals surface area contributed by atoms with Gasteiger partial charge in [-0.25, -0.2) is 0 Å². The minimum atomic E-state index is -0.262. The number of imide groups is 1. The molecular formula is C23H27N3O3S. The highest BCUT2D eigenvalue weighted by Crippen LogP contribution is 2.25. The summed E-state index contributed by atoms with van der Waals surface area (Å²) in [7, 11) is 0. The van der Waals surface area contributed by atoms with E-state index in [1.54, 1.807) is 12.1 Å². The molecule has 2 aliphatic heterocycles. The zero-order valence-corrected chi connectivity index (χ0v) is 18.3. The average Bonchev–Trinajstić information content (AvgIpc) is 3.29. The molecule has 0 saturated carbocycles. The van der Waals surface area contributed by atoms with Crippen molar-refractivity contribution in [3.05, 3.63) is 56.8 Å². The van der Waals surface area contributed by atoms with E-state index in [2.05, 4.69) is 28.6 Å². The SMILES string of the molecule is Cc1ccc2c(c1)C(=O)N(CCCC(=O)NCC(C)N1CCc3sccc3C1)C2=O. The summed E-state index contributed by atoms with van der Waals surface area (Å²) in [5, 5.41) is 5.15. The van der Waals surface area contributed by atoms with Crippen LogP contribution in [-0.4, -0.2) is 53.2 Å². The van der Waals surface area contributed by atoms with Gasteiger partial charge < -0.3 is 5.32 Å². The van der Waals surface area contributed by atoms with Crippen LogP contribution in [-0.2, 0) is 17.8 Å². The number of aryl methyl sites for hydroxylation is 1. The first-order chi connectivity index (χ1) is 14.4. The van der Waals surface area contributed by atoms with E-state index in [0.29, 0.717) is 30.5 Å². The van der Waals surface area contributed by atoms with Crippen molar-refractivity contribution in [2.75, 3.05) is 19.6 Å². The fourth-order valence-electron chi connectivity index (χ4n) is 4.13. The van der Waals surface area contributed by atoms with Gasteiger partial charge in [-0.05, 0) is 55.8 Å². The number of nitrogens with one attached hydrogen (secondary N) is 1. The van der Waals surface area contributed by atoms with Gasteiger partial charge in [0.1, 0.15) is 0 Å². The third kappa shape index (κ3) is 4.18. The number of carbonyl (C=O) groups is 3. The van der Waals surface area contributed by atoms with Crippen molar-refractivity contribution in [3.8, 4) is 0 Å². The molecule has 1 N–H and O–H groups in total. The zero-order chi connectivity index (χ0) is 21.3. The second-order valence-electron chi connectivity index (χ2n) is 8.16. The topological polar surface area (TPSA) is 69.7 Å². The summed E-state index contributed by atoms with van der Waals surface area (Å²) < 4.78 is 0. The molecule has 1 aromatic heterocycles. The van der Waals surface area contributed by atoms with E-state index in [1.807, 2.05) is 24.3 Å². The highest BCUT2D eigenvalue weighted by Gasteiger charge is 2.35. The van der Waals surface area contributed by atoms with E-state index < -0.39 is 0 Å². The van der Waals surface area contributed by atoms with Gasteiger partial charge in [-0.3, -0.25) is 24.2 Å². The summed E-state index contributed by atoms with van der Waals surface area (Å²) in [5.74, 6) is -0.560. The van der Waals surface area contributed by atoms with Gasteiger partial charge in [-0.15, -0.1) is 11.3 Å². The average molecular weight is 426 g/mol. The lowest BCUT2D eigenvalue weighted by Gasteiger charge is -2.32. The van der Waals surface area contributed by atoms with Crippen molar-refractivity contribution < 1.29 is 14.4 Å². The number of rotatable bonds is 7. The Morgan fingerprint density at radius 3 is 2.83 bits per heavy atom. The molecule has 6 nitrogen and oxygen atoms in total. The smallest absolute Gasteiger partial charge is 0.261 e. The summed E-state index contributed by atoms with van der Waals surface area (Å²) in [4.78, 5) is 42.3. The Labute approximate surface area is 180 Å². The summed E-state index contributed by atoms with van der Waals surface area (Å²) in [6, 6.07) is 7.75. The first-order valence-corrected chi connectivity index (χ1v) is 11.3. The van der Waals surface area contributed by atoms with Crippen LogP contribution in [0.25, 0.3) is 0 Å². The lowest BCUT2D eigenvalue weighted by Crippen LogP contribution is -2.44. The minimum absolute atomic E-state index is 0.0393. The maximum atomic E-state index is 12.5. The van der Waals surface area contributed by atoms with Crippen LogP contribution in [0.3, 0.4) is 0 Å². The molecule has 0 bridgehead atoms. The van der Waals surface area contributed by atoms with Crippen molar-refractivity contribution in [1.29, 1.82) is 0 Å². The maximum absolute atomic E-state index is 12.5. The van der Waals surface area contributed by atoms with Crippen LogP contribution in [0.15, 0.2) is 29.6 Å². The molecule has 2 aliphatic rings. The van der Waals surface area contributed by atoms with Crippen molar-refractivity contribution in [1.82, 2.24) is 15.1 Å². The maximum Gasteiger partial charge on any atom is 0.261 e. The fourth-order valence-corrected chi connectivity index (χ4v) is 5.02. The number of nitrogens with zero attached hydrogens (tertiary/aromatic N) is 2. The van der Waals surface area contributed by atoms with Crippen LogP contribution < -0.4 is 5.32 Å². The third-order valence-corrected chi connectivity index (χ3v) is 6.99. The first kappa shape index (κ1) is 20.8. The molecule has 4 rings (SSSR count). The van der Waals surface area contributed by atoms with Crippen molar-refractivity contribution >= 4 is 29.1 Å². The molecule has 3 heterocycles. The fraction of sp³-hybridized carbons (Fsp3) is 0.435. The van der Waals surface area contributed by atoms with Gasteiger partial charge in [0.15, 0.2) is 0 Å². The predicted molar refractivity (Wildman–Crippen MR) is 117 cm³/mol. The number of amides is 3. The van der Waals surface area contributed by atoms with Gasteiger partial charge in [0.25, 0.3) is 11.8 Å². The molecule has 3 amide bonds. The second-order valence-corrected chi connectivity index (χ2v) is 9.16. The van der Waals surface area contributed by atoms with E-state index in [9.17, 15) is 14.4 Å². The molecule has 2 aromatic rings. The van der Waals surface area contributed by atoms with Gasteiger partial charge in [0, 0.05) is 43.5 Å². The Morgan fingerprint density at radius 1 is 1.20 bits per heavy atom. The molecule has 0 radical (unpaired) electrons. The van der Waals surface area contributed by atoms with Crippen LogP contribution in [0, 0.1) is 6.92 Å². The van der Waals surface area contributed by atoms with Gasteiger partial charge in [-0.1, -0.05) is 11.6 Å². The normalized spacial score (nSPS) is 17.1. The van der Waals surface area contributed by atoms with Crippen LogP contribution in [0.5, 0.6) is 0 Å². The lowest BCUT2D eigenvalue weighted by molar-refractivity contribution is -0.121. The van der Waals surface area contributed by atoms with Crippen LogP contribution in [0.4, 0.5) is 0 Å². The summed E-state index contributed by atoms with van der Waals surface area (Å²) in [6.07, 6.45) is 1.84. The highest BCUT2D eigenvalue weighted by atomic mass is 32.1. The number of hydrogen-bond donors (Lipinski definition) is 1. The monoisotopic (exact) mass is 425 g/mol. The Bertz CT molecular complexity index is 984. The number of hydrogen-bond acceptors (Lipinski definition) is 5. The van der Waals surface area contributed by atoms with Gasteiger partial charge in [-0.2, -0.15) is 0 Å². The largest absolute Gasteiger partial charge is 0.355 e. The van der Waals surface area contributed by atoms with Gasteiger partial charge in [0.2, 0.25) is 5.91 Å². The van der Waals surface area contributed by atoms with E-state index in [-0.39, 0.29) is 30.3 Å². The minimum Gasteiger partial charge on any atom is -0.355 e. The molecular weight excluding hydrogens is 398 g/mol. The molecule has 0 spiro atoms. The highest BCUT2D eigenvalue weighted by molar-refractivity contribution is 7.10.